The molecule has 1 saturated carbocycles. The lowest BCUT2D eigenvalue weighted by molar-refractivity contribution is 0.0272. The van der Waals surface area contributed by atoms with E-state index >= 15 is 0 Å². The highest BCUT2D eigenvalue weighted by Crippen LogP contribution is 2.41. The van der Waals surface area contributed by atoms with Crippen LogP contribution in [0.2, 0.25) is 0 Å². The normalized spacial score (nSPS) is 34.1. The van der Waals surface area contributed by atoms with E-state index in [1.807, 2.05) is 0 Å². The van der Waals surface area contributed by atoms with E-state index in [0.29, 0.717) is 18.6 Å². The molecule has 2 nitrogen and oxygen atoms in total. The monoisotopic (exact) mass is 156 g/mol. The lowest BCUT2D eigenvalue weighted by atomic mass is 9.96. The Balaban J connectivity index is 1.87. The number of rotatable bonds is 3. The van der Waals surface area contributed by atoms with Gasteiger partial charge in [-0.1, -0.05) is 0 Å². The molecule has 1 saturated heterocycles. The van der Waals surface area contributed by atoms with Gasteiger partial charge in [0.15, 0.2) is 0 Å². The molecule has 0 aromatic carbocycles. The minimum absolute atomic E-state index is 0.329. The third kappa shape index (κ3) is 1.57. The van der Waals surface area contributed by atoms with Gasteiger partial charge in [0.2, 0.25) is 0 Å². The molecule has 0 spiro atoms. The van der Waals surface area contributed by atoms with Gasteiger partial charge in [0.1, 0.15) is 0 Å². The molecular weight excluding hydrogens is 140 g/mol. The van der Waals surface area contributed by atoms with Crippen molar-refractivity contribution in [2.75, 3.05) is 13.2 Å². The lowest BCUT2D eigenvalue weighted by Gasteiger charge is -2.19. The van der Waals surface area contributed by atoms with Gasteiger partial charge >= 0.3 is 0 Å². The molecule has 2 aliphatic rings. The highest BCUT2D eigenvalue weighted by molar-refractivity contribution is 4.87. The second kappa shape index (κ2) is 3.11. The van der Waals surface area contributed by atoms with Crippen LogP contribution in [0.4, 0.5) is 0 Å². The van der Waals surface area contributed by atoms with Crippen molar-refractivity contribution >= 4 is 0 Å². The van der Waals surface area contributed by atoms with Crippen molar-refractivity contribution in [2.24, 2.45) is 11.8 Å². The summed E-state index contributed by atoms with van der Waals surface area (Å²) >= 11 is 0. The van der Waals surface area contributed by atoms with Crippen molar-refractivity contribution in [3.05, 3.63) is 0 Å². The maximum Gasteiger partial charge on any atom is 0.0628 e. The van der Waals surface area contributed by atoms with E-state index in [-0.39, 0.29) is 0 Å². The predicted molar refractivity (Wildman–Crippen MR) is 42.3 cm³/mol. The largest absolute Gasteiger partial charge is 0.396 e. The smallest absolute Gasteiger partial charge is 0.0628 e. The van der Waals surface area contributed by atoms with Gasteiger partial charge in [-0.3, -0.25) is 0 Å². The number of ether oxygens (including phenoxy) is 1. The summed E-state index contributed by atoms with van der Waals surface area (Å²) in [5, 5.41) is 9.12. The minimum Gasteiger partial charge on any atom is -0.396 e. The maximum absolute atomic E-state index is 9.12. The van der Waals surface area contributed by atoms with E-state index in [1.54, 1.807) is 0 Å². The van der Waals surface area contributed by atoms with Crippen LogP contribution in [0.15, 0.2) is 0 Å². The fourth-order valence-corrected chi connectivity index (χ4v) is 2.03. The Morgan fingerprint density at radius 3 is 2.64 bits per heavy atom. The Morgan fingerprint density at radius 1 is 1.36 bits per heavy atom. The van der Waals surface area contributed by atoms with Crippen LogP contribution in [0.25, 0.3) is 0 Å². The van der Waals surface area contributed by atoms with E-state index in [9.17, 15) is 0 Å². The van der Waals surface area contributed by atoms with Crippen molar-refractivity contribution in [1.29, 1.82) is 0 Å². The zero-order valence-corrected chi connectivity index (χ0v) is 6.83. The van der Waals surface area contributed by atoms with Gasteiger partial charge in [-0.05, 0) is 31.6 Å². The zero-order valence-electron chi connectivity index (χ0n) is 6.83. The van der Waals surface area contributed by atoms with Crippen molar-refractivity contribution in [2.45, 2.75) is 31.8 Å². The maximum atomic E-state index is 9.12. The summed E-state index contributed by atoms with van der Waals surface area (Å²) in [6.45, 7) is 1.24. The van der Waals surface area contributed by atoms with Gasteiger partial charge in [-0.2, -0.15) is 0 Å². The van der Waals surface area contributed by atoms with E-state index in [2.05, 4.69) is 0 Å². The van der Waals surface area contributed by atoms with Gasteiger partial charge in [0, 0.05) is 19.1 Å². The Morgan fingerprint density at radius 2 is 2.18 bits per heavy atom. The summed E-state index contributed by atoms with van der Waals surface area (Å²) in [4.78, 5) is 0. The van der Waals surface area contributed by atoms with Crippen LogP contribution in [0.1, 0.15) is 25.7 Å². The van der Waals surface area contributed by atoms with Gasteiger partial charge in [-0.25, -0.2) is 0 Å². The quantitative estimate of drug-likeness (QED) is 0.665. The van der Waals surface area contributed by atoms with E-state index < -0.39 is 0 Å². The predicted octanol–water partition coefficient (Wildman–Crippen LogP) is 1.18. The third-order valence-corrected chi connectivity index (χ3v) is 2.88. The molecule has 1 N–H and O–H groups in total. The average molecular weight is 156 g/mol. The first-order chi connectivity index (χ1) is 5.42. The van der Waals surface area contributed by atoms with Crippen LogP contribution in [-0.2, 0) is 4.74 Å². The fraction of sp³-hybridized carbons (Fsp3) is 1.00. The fourth-order valence-electron chi connectivity index (χ4n) is 2.03. The number of hydrogen-bond donors (Lipinski definition) is 1. The molecule has 0 aromatic heterocycles. The average Bonchev–Trinajstić information content (AvgIpc) is 2.68. The first-order valence-electron chi connectivity index (χ1n) is 4.64. The highest BCUT2D eigenvalue weighted by atomic mass is 16.5. The van der Waals surface area contributed by atoms with Crippen molar-refractivity contribution in [3.8, 4) is 0 Å². The molecule has 2 fully saturated rings. The molecule has 2 heteroatoms. The van der Waals surface area contributed by atoms with Crippen LogP contribution in [0.3, 0.4) is 0 Å². The van der Waals surface area contributed by atoms with E-state index in [1.165, 1.54) is 25.7 Å². The highest BCUT2D eigenvalue weighted by Gasteiger charge is 2.37. The first kappa shape index (κ1) is 7.56. The summed E-state index contributed by atoms with van der Waals surface area (Å²) in [7, 11) is 0. The molecule has 0 radical (unpaired) electrons. The van der Waals surface area contributed by atoms with Crippen LogP contribution in [0.5, 0.6) is 0 Å². The number of aliphatic hydroxyl groups excluding tert-OH is 1. The molecule has 0 amide bonds. The van der Waals surface area contributed by atoms with Gasteiger partial charge in [-0.15, -0.1) is 0 Å². The van der Waals surface area contributed by atoms with Gasteiger partial charge in [0.05, 0.1) is 6.10 Å². The van der Waals surface area contributed by atoms with Crippen molar-refractivity contribution < 1.29 is 9.84 Å². The summed E-state index contributed by atoms with van der Waals surface area (Å²) in [5.41, 5.74) is 0. The summed E-state index contributed by atoms with van der Waals surface area (Å²) in [5.74, 6) is 1.24. The van der Waals surface area contributed by atoms with Gasteiger partial charge in [0.25, 0.3) is 0 Å². The van der Waals surface area contributed by atoms with Crippen LogP contribution >= 0.6 is 0 Å². The summed E-state index contributed by atoms with van der Waals surface area (Å²) < 4.78 is 5.55. The molecule has 2 atom stereocenters. The molecule has 64 valence electrons. The molecular formula is C9H16O2. The molecule has 1 aliphatic heterocycles. The molecule has 2 unspecified atom stereocenters. The van der Waals surface area contributed by atoms with Crippen molar-refractivity contribution in [1.82, 2.24) is 0 Å². The molecule has 1 aliphatic carbocycles. The van der Waals surface area contributed by atoms with E-state index in [4.69, 9.17) is 9.84 Å². The number of aliphatic hydroxyl groups is 1. The third-order valence-electron chi connectivity index (χ3n) is 2.88. The molecule has 2 rings (SSSR count). The molecule has 11 heavy (non-hydrogen) atoms. The van der Waals surface area contributed by atoms with Crippen LogP contribution in [0, 0.1) is 11.8 Å². The Bertz CT molecular complexity index is 126. The van der Waals surface area contributed by atoms with Crippen molar-refractivity contribution in [3.63, 3.8) is 0 Å². The minimum atomic E-state index is 0.329. The lowest BCUT2D eigenvalue weighted by Crippen LogP contribution is -2.24. The standard InChI is InChI=1S/C9H16O2/c10-6-8(7-3-4-7)9-2-1-5-11-9/h7-10H,1-6H2. The van der Waals surface area contributed by atoms with E-state index in [0.717, 1.165) is 12.5 Å². The Hall–Kier alpha value is -0.0800. The summed E-state index contributed by atoms with van der Waals surface area (Å²) in [6.07, 6.45) is 5.36. The topological polar surface area (TPSA) is 29.5 Å². The molecule has 0 bridgehead atoms. The SMILES string of the molecule is OCC(C1CC1)C1CCCO1. The number of hydrogen-bond acceptors (Lipinski definition) is 2. The van der Waals surface area contributed by atoms with Gasteiger partial charge < -0.3 is 9.84 Å². The van der Waals surface area contributed by atoms with Crippen LogP contribution < -0.4 is 0 Å². The second-order valence-corrected chi connectivity index (χ2v) is 3.74. The zero-order chi connectivity index (χ0) is 7.68. The molecule has 0 aromatic rings. The first-order valence-corrected chi connectivity index (χ1v) is 4.64. The Labute approximate surface area is 67.6 Å². The second-order valence-electron chi connectivity index (χ2n) is 3.74. The van der Waals surface area contributed by atoms with Crippen LogP contribution in [-0.4, -0.2) is 24.4 Å². The summed E-state index contributed by atoms with van der Waals surface area (Å²) in [6, 6.07) is 0. The molecule has 1 heterocycles. The Kier molecular flexibility index (Phi) is 2.14.